The van der Waals surface area contributed by atoms with Gasteiger partial charge < -0.3 is 18.6 Å². The minimum atomic E-state index is -0.538. The molecule has 2 aromatic carbocycles. The summed E-state index contributed by atoms with van der Waals surface area (Å²) in [5.74, 6) is -0.0672. The van der Waals surface area contributed by atoms with Gasteiger partial charge in [-0.05, 0) is 61.7 Å². The van der Waals surface area contributed by atoms with Gasteiger partial charge in [0, 0.05) is 23.6 Å². The average molecular weight is 436 g/mol. The smallest absolute Gasteiger partial charge is 0.343 e. The van der Waals surface area contributed by atoms with Crippen LogP contribution < -0.4 is 15.1 Å². The first-order valence-electron chi connectivity index (χ1n) is 10.3. The van der Waals surface area contributed by atoms with Gasteiger partial charge in [-0.2, -0.15) is 0 Å². The van der Waals surface area contributed by atoms with Gasteiger partial charge in [0.1, 0.15) is 23.2 Å². The van der Waals surface area contributed by atoms with Crippen molar-refractivity contribution in [3.05, 3.63) is 83.2 Å². The Morgan fingerprint density at radius 1 is 1.06 bits per heavy atom. The number of fused-ring (bicyclic) bond motifs is 1. The maximum atomic E-state index is 12.4. The van der Waals surface area contributed by atoms with Crippen molar-refractivity contribution in [3.8, 4) is 11.5 Å². The second-order valence-corrected chi connectivity index (χ2v) is 7.03. The molecular weight excluding hydrogens is 412 g/mol. The highest BCUT2D eigenvalue weighted by molar-refractivity contribution is 5.91. The Morgan fingerprint density at radius 3 is 2.50 bits per heavy atom. The Morgan fingerprint density at radius 2 is 1.78 bits per heavy atom. The Labute approximate surface area is 185 Å². The third-order valence-corrected chi connectivity index (χ3v) is 4.74. The molecule has 0 aliphatic heterocycles. The number of ether oxygens (including phenoxy) is 3. The van der Waals surface area contributed by atoms with E-state index in [0.29, 0.717) is 36.3 Å². The number of rotatable bonds is 10. The number of carbonyl (C=O) groups excluding carboxylic acids is 2. The molecule has 0 saturated carbocycles. The monoisotopic (exact) mass is 436 g/mol. The van der Waals surface area contributed by atoms with Crippen molar-refractivity contribution in [2.75, 3.05) is 6.61 Å². The molecule has 0 N–H and O–H groups in total. The summed E-state index contributed by atoms with van der Waals surface area (Å²) in [6.45, 7) is 5.80. The van der Waals surface area contributed by atoms with Gasteiger partial charge in [0.25, 0.3) is 0 Å². The topological polar surface area (TPSA) is 92.0 Å². The molecule has 0 saturated heterocycles. The first kappa shape index (κ1) is 22.8. The minimum absolute atomic E-state index is 0.163. The van der Waals surface area contributed by atoms with E-state index >= 15 is 0 Å². The summed E-state index contributed by atoms with van der Waals surface area (Å²) >= 11 is 0. The highest BCUT2D eigenvalue weighted by Gasteiger charge is 2.12. The molecule has 0 spiro atoms. The second-order valence-electron chi connectivity index (χ2n) is 7.03. The molecule has 0 radical (unpaired) electrons. The molecule has 1 aromatic heterocycles. The molecule has 7 nitrogen and oxygen atoms in total. The fourth-order valence-corrected chi connectivity index (χ4v) is 3.02. The van der Waals surface area contributed by atoms with Crippen LogP contribution in [0.4, 0.5) is 0 Å². The van der Waals surface area contributed by atoms with Crippen molar-refractivity contribution >= 4 is 22.9 Å². The molecule has 0 aliphatic carbocycles. The van der Waals surface area contributed by atoms with Crippen molar-refractivity contribution in [1.82, 2.24) is 0 Å². The Balaban J connectivity index is 1.50. The number of esters is 2. The first-order valence-corrected chi connectivity index (χ1v) is 10.3. The summed E-state index contributed by atoms with van der Waals surface area (Å²) in [7, 11) is 0. The van der Waals surface area contributed by atoms with E-state index in [4.69, 9.17) is 18.6 Å². The number of hydrogen-bond acceptors (Lipinski definition) is 7. The molecule has 166 valence electrons. The highest BCUT2D eigenvalue weighted by atomic mass is 16.5. The maximum Gasteiger partial charge on any atom is 0.343 e. The van der Waals surface area contributed by atoms with Crippen LogP contribution in [0.3, 0.4) is 0 Å². The zero-order valence-electron chi connectivity index (χ0n) is 17.7. The molecule has 32 heavy (non-hydrogen) atoms. The predicted molar refractivity (Wildman–Crippen MR) is 119 cm³/mol. The fraction of sp³-hybridized carbons (Fsp3) is 0.240. The largest absolute Gasteiger partial charge is 0.494 e. The Bertz CT molecular complexity index is 1140. The average Bonchev–Trinajstić information content (AvgIpc) is 2.80. The normalized spacial score (nSPS) is 11.5. The van der Waals surface area contributed by atoms with Gasteiger partial charge in [-0.15, -0.1) is 0 Å². The molecule has 0 bridgehead atoms. The molecule has 0 fully saturated rings. The number of hydrogen-bond donors (Lipinski definition) is 0. The molecular formula is C25H24O7. The highest BCUT2D eigenvalue weighted by Crippen LogP contribution is 2.21. The summed E-state index contributed by atoms with van der Waals surface area (Å²) < 4.78 is 21.4. The molecule has 0 amide bonds. The molecule has 1 atom stereocenters. The molecule has 3 rings (SSSR count). The van der Waals surface area contributed by atoms with Gasteiger partial charge in [0.05, 0.1) is 12.2 Å². The zero-order chi connectivity index (χ0) is 22.9. The molecule has 1 unspecified atom stereocenters. The van der Waals surface area contributed by atoms with E-state index in [-0.39, 0.29) is 11.9 Å². The lowest BCUT2D eigenvalue weighted by Gasteiger charge is -2.15. The molecule has 1 heterocycles. The summed E-state index contributed by atoms with van der Waals surface area (Å²) in [5, 5.41) is 0.732. The Hall–Kier alpha value is -3.87. The van der Waals surface area contributed by atoms with E-state index in [0.717, 1.165) is 17.9 Å². The van der Waals surface area contributed by atoms with Crippen molar-refractivity contribution in [2.45, 2.75) is 32.3 Å². The van der Waals surface area contributed by atoms with Crippen LogP contribution in [0.5, 0.6) is 11.5 Å². The van der Waals surface area contributed by atoms with E-state index in [2.05, 4.69) is 6.58 Å². The van der Waals surface area contributed by atoms with Gasteiger partial charge in [-0.25, -0.2) is 14.4 Å². The van der Waals surface area contributed by atoms with Crippen LogP contribution in [0.25, 0.3) is 11.0 Å². The van der Waals surface area contributed by atoms with Crippen molar-refractivity contribution in [1.29, 1.82) is 0 Å². The molecule has 0 aliphatic rings. The van der Waals surface area contributed by atoms with E-state index in [1.165, 1.54) is 12.1 Å². The van der Waals surface area contributed by atoms with Crippen LogP contribution in [0.15, 0.2) is 76.5 Å². The SMILES string of the molecule is C=CC(=O)OC(CC)CCCOc1ccc(C(=O)Oc2ccc3ccc(=O)oc3c2)cc1. The third kappa shape index (κ3) is 6.31. The van der Waals surface area contributed by atoms with Crippen LogP contribution in [0.2, 0.25) is 0 Å². The number of benzene rings is 2. The fourth-order valence-electron chi connectivity index (χ4n) is 3.02. The number of carbonyl (C=O) groups is 2. The van der Waals surface area contributed by atoms with Crippen LogP contribution in [0.1, 0.15) is 36.5 Å². The van der Waals surface area contributed by atoms with Crippen molar-refractivity contribution in [3.63, 3.8) is 0 Å². The lowest BCUT2D eigenvalue weighted by Crippen LogP contribution is -2.16. The van der Waals surface area contributed by atoms with Crippen LogP contribution in [-0.4, -0.2) is 24.6 Å². The zero-order valence-corrected chi connectivity index (χ0v) is 17.7. The lowest BCUT2D eigenvalue weighted by molar-refractivity contribution is -0.143. The van der Waals surface area contributed by atoms with E-state index in [1.807, 2.05) is 6.92 Å². The van der Waals surface area contributed by atoms with Gasteiger partial charge in [-0.1, -0.05) is 13.5 Å². The van der Waals surface area contributed by atoms with Gasteiger partial charge in [-0.3, -0.25) is 0 Å². The summed E-state index contributed by atoms with van der Waals surface area (Å²) in [4.78, 5) is 35.0. The quantitative estimate of drug-likeness (QED) is 0.150. The predicted octanol–water partition coefficient (Wildman–Crippen LogP) is 4.68. The van der Waals surface area contributed by atoms with Crippen molar-refractivity contribution < 1.29 is 28.2 Å². The van der Waals surface area contributed by atoms with Crippen LogP contribution in [-0.2, 0) is 9.53 Å². The summed E-state index contributed by atoms with van der Waals surface area (Å²) in [5.41, 5.74) is 0.227. The van der Waals surface area contributed by atoms with Gasteiger partial charge in [0.2, 0.25) is 0 Å². The van der Waals surface area contributed by atoms with Gasteiger partial charge in [0.15, 0.2) is 0 Å². The standard InChI is InChI=1S/C25H24O7/c1-3-19(30-23(26)4-2)6-5-15-29-20-11-8-18(9-12-20)25(28)31-21-13-7-17-10-14-24(27)32-22(17)16-21/h4,7-14,16,19H,2-3,5-6,15H2,1H3. The minimum Gasteiger partial charge on any atom is -0.494 e. The summed E-state index contributed by atoms with van der Waals surface area (Å²) in [6, 6.07) is 14.4. The molecule has 3 aromatic rings. The van der Waals surface area contributed by atoms with Crippen LogP contribution >= 0.6 is 0 Å². The first-order chi connectivity index (χ1) is 15.5. The molecule has 7 heteroatoms. The lowest BCUT2D eigenvalue weighted by atomic mass is 10.1. The third-order valence-electron chi connectivity index (χ3n) is 4.74. The van der Waals surface area contributed by atoms with Gasteiger partial charge >= 0.3 is 17.6 Å². The van der Waals surface area contributed by atoms with E-state index in [1.54, 1.807) is 42.5 Å². The van der Waals surface area contributed by atoms with Crippen molar-refractivity contribution in [2.24, 2.45) is 0 Å². The van der Waals surface area contributed by atoms with E-state index < -0.39 is 17.6 Å². The Kier molecular flexibility index (Phi) is 7.80. The second kappa shape index (κ2) is 10.9. The maximum absolute atomic E-state index is 12.4. The summed E-state index contributed by atoms with van der Waals surface area (Å²) in [6.07, 6.45) is 3.12. The van der Waals surface area contributed by atoms with E-state index in [9.17, 15) is 14.4 Å². The van der Waals surface area contributed by atoms with Crippen LogP contribution in [0, 0.1) is 0 Å².